The number of amides is 2. The van der Waals surface area contributed by atoms with E-state index in [0.717, 1.165) is 54.2 Å². The maximum atomic E-state index is 12.5. The van der Waals surface area contributed by atoms with Crippen LogP contribution in [0.3, 0.4) is 0 Å². The molecule has 2 aromatic rings. The summed E-state index contributed by atoms with van der Waals surface area (Å²) >= 11 is 0. The minimum absolute atomic E-state index is 0.0468. The Bertz CT molecular complexity index is 853. The van der Waals surface area contributed by atoms with Gasteiger partial charge < -0.3 is 20.4 Å². The van der Waals surface area contributed by atoms with Crippen molar-refractivity contribution in [1.29, 1.82) is 0 Å². The molecule has 1 aliphatic heterocycles. The van der Waals surface area contributed by atoms with Crippen molar-refractivity contribution in [2.75, 3.05) is 49.9 Å². The van der Waals surface area contributed by atoms with E-state index in [1.54, 1.807) is 0 Å². The standard InChI is InChI=1S/C23H30N4O2/c1-17-7-4-5-10-20(17)24-21(28)15-26-11-13-27(14-12-26)16-22(29)25-23-18(2)8-6-9-19(23)3/h4-10H,11-16H2,1-3H3,(H,24,28)(H,25,29)/p+2. The van der Waals surface area contributed by atoms with Crippen molar-refractivity contribution >= 4 is 23.2 Å². The second kappa shape index (κ2) is 9.67. The highest BCUT2D eigenvalue weighted by molar-refractivity contribution is 5.93. The Morgan fingerprint density at radius 2 is 1.21 bits per heavy atom. The molecule has 1 heterocycles. The largest absolute Gasteiger partial charge is 0.321 e. The molecule has 2 aromatic carbocycles. The Hall–Kier alpha value is -2.70. The SMILES string of the molecule is Cc1ccccc1NC(=O)C[NH+]1CC[NH+](CC(=O)Nc2c(C)cccc2C)CC1. The van der Waals surface area contributed by atoms with Crippen molar-refractivity contribution in [2.24, 2.45) is 0 Å². The van der Waals surface area contributed by atoms with Gasteiger partial charge in [-0.3, -0.25) is 9.59 Å². The molecule has 0 aliphatic carbocycles. The maximum absolute atomic E-state index is 12.5. The summed E-state index contributed by atoms with van der Waals surface area (Å²) in [4.78, 5) is 27.4. The molecule has 1 fully saturated rings. The summed E-state index contributed by atoms with van der Waals surface area (Å²) in [5, 5.41) is 6.08. The Kier molecular flexibility index (Phi) is 7.01. The Morgan fingerprint density at radius 1 is 0.724 bits per heavy atom. The van der Waals surface area contributed by atoms with E-state index in [1.165, 1.54) is 9.80 Å². The lowest BCUT2D eigenvalue weighted by Crippen LogP contribution is -3.28. The van der Waals surface area contributed by atoms with E-state index >= 15 is 0 Å². The van der Waals surface area contributed by atoms with E-state index in [2.05, 4.69) is 10.6 Å². The molecule has 4 N–H and O–H groups in total. The quantitative estimate of drug-likeness (QED) is 0.554. The molecule has 0 spiro atoms. The Labute approximate surface area is 172 Å². The van der Waals surface area contributed by atoms with Crippen LogP contribution in [-0.2, 0) is 9.59 Å². The fourth-order valence-corrected chi connectivity index (χ4v) is 3.87. The lowest BCUT2D eigenvalue weighted by molar-refractivity contribution is -1.00. The number of para-hydroxylation sites is 2. The molecule has 0 radical (unpaired) electrons. The summed E-state index contributed by atoms with van der Waals surface area (Å²) in [6.45, 7) is 10.5. The number of piperazine rings is 1. The molecule has 6 heteroatoms. The zero-order chi connectivity index (χ0) is 20.8. The van der Waals surface area contributed by atoms with Gasteiger partial charge in [0.05, 0.1) is 0 Å². The fourth-order valence-electron chi connectivity index (χ4n) is 3.87. The van der Waals surface area contributed by atoms with E-state index in [-0.39, 0.29) is 11.8 Å². The predicted octanol–water partition coefficient (Wildman–Crippen LogP) is -0.0275. The zero-order valence-corrected chi connectivity index (χ0v) is 17.6. The molecule has 2 amide bonds. The first-order valence-corrected chi connectivity index (χ1v) is 10.3. The minimum Gasteiger partial charge on any atom is -0.321 e. The monoisotopic (exact) mass is 396 g/mol. The highest BCUT2D eigenvalue weighted by Gasteiger charge is 2.26. The normalized spacial score (nSPS) is 18.9. The first kappa shape index (κ1) is 21.0. The first-order chi connectivity index (χ1) is 13.9. The average Bonchev–Trinajstić information content (AvgIpc) is 2.68. The van der Waals surface area contributed by atoms with Crippen LogP contribution < -0.4 is 20.4 Å². The average molecular weight is 397 g/mol. The molecule has 6 nitrogen and oxygen atoms in total. The fraction of sp³-hybridized carbons (Fsp3) is 0.391. The van der Waals surface area contributed by atoms with E-state index in [1.807, 2.05) is 63.2 Å². The molecule has 0 saturated carbocycles. The van der Waals surface area contributed by atoms with Crippen LogP contribution in [0.15, 0.2) is 42.5 Å². The predicted molar refractivity (Wildman–Crippen MR) is 115 cm³/mol. The molecule has 0 bridgehead atoms. The number of hydrogen-bond donors (Lipinski definition) is 4. The van der Waals surface area contributed by atoms with Crippen LogP contribution in [0.1, 0.15) is 16.7 Å². The summed E-state index contributed by atoms with van der Waals surface area (Å²) in [5.41, 5.74) is 5.04. The van der Waals surface area contributed by atoms with Crippen LogP contribution >= 0.6 is 0 Å². The van der Waals surface area contributed by atoms with Crippen LogP contribution in [0.25, 0.3) is 0 Å². The van der Waals surface area contributed by atoms with Crippen LogP contribution in [0, 0.1) is 20.8 Å². The van der Waals surface area contributed by atoms with Gasteiger partial charge in [0.2, 0.25) is 0 Å². The van der Waals surface area contributed by atoms with Gasteiger partial charge >= 0.3 is 0 Å². The van der Waals surface area contributed by atoms with Gasteiger partial charge in [-0.25, -0.2) is 0 Å². The number of rotatable bonds is 6. The molecule has 154 valence electrons. The summed E-state index contributed by atoms with van der Waals surface area (Å²) in [5.74, 6) is 0.101. The summed E-state index contributed by atoms with van der Waals surface area (Å²) < 4.78 is 0. The van der Waals surface area contributed by atoms with Gasteiger partial charge in [-0.2, -0.15) is 0 Å². The van der Waals surface area contributed by atoms with Crippen molar-refractivity contribution in [1.82, 2.24) is 0 Å². The number of carbonyl (C=O) groups excluding carboxylic acids is 2. The van der Waals surface area contributed by atoms with Gasteiger partial charge in [-0.15, -0.1) is 0 Å². The topological polar surface area (TPSA) is 67.1 Å². The number of aryl methyl sites for hydroxylation is 3. The van der Waals surface area contributed by atoms with E-state index in [4.69, 9.17) is 0 Å². The van der Waals surface area contributed by atoms with Crippen LogP contribution in [0.2, 0.25) is 0 Å². The number of anilines is 2. The maximum Gasteiger partial charge on any atom is 0.279 e. The molecule has 0 aromatic heterocycles. The number of quaternary nitrogens is 2. The molecule has 29 heavy (non-hydrogen) atoms. The van der Waals surface area contributed by atoms with Crippen LogP contribution in [0.4, 0.5) is 11.4 Å². The smallest absolute Gasteiger partial charge is 0.279 e. The number of nitrogens with one attached hydrogen (secondary N) is 4. The van der Waals surface area contributed by atoms with Gasteiger partial charge in [0.25, 0.3) is 11.8 Å². The molecule has 0 atom stereocenters. The van der Waals surface area contributed by atoms with E-state index in [0.29, 0.717) is 13.1 Å². The lowest BCUT2D eigenvalue weighted by Gasteiger charge is -2.29. The van der Waals surface area contributed by atoms with Crippen LogP contribution in [-0.4, -0.2) is 51.1 Å². The molecule has 1 saturated heterocycles. The number of hydrogen-bond acceptors (Lipinski definition) is 2. The van der Waals surface area contributed by atoms with Crippen LogP contribution in [0.5, 0.6) is 0 Å². The third-order valence-corrected chi connectivity index (χ3v) is 5.65. The Morgan fingerprint density at radius 3 is 1.76 bits per heavy atom. The third kappa shape index (κ3) is 5.89. The van der Waals surface area contributed by atoms with Crippen molar-refractivity contribution in [3.63, 3.8) is 0 Å². The lowest BCUT2D eigenvalue weighted by atomic mass is 10.1. The molecule has 1 aliphatic rings. The molecular formula is C23H32N4O2+2. The molecular weight excluding hydrogens is 364 g/mol. The minimum atomic E-state index is 0.0468. The van der Waals surface area contributed by atoms with Gasteiger partial charge in [-0.1, -0.05) is 36.4 Å². The summed E-state index contributed by atoms with van der Waals surface area (Å²) in [6, 6.07) is 13.9. The van der Waals surface area contributed by atoms with Crippen molar-refractivity contribution in [3.8, 4) is 0 Å². The van der Waals surface area contributed by atoms with Gasteiger partial charge in [0, 0.05) is 11.4 Å². The molecule has 3 rings (SSSR count). The zero-order valence-electron chi connectivity index (χ0n) is 17.6. The van der Waals surface area contributed by atoms with Gasteiger partial charge in [0.1, 0.15) is 26.2 Å². The van der Waals surface area contributed by atoms with Crippen molar-refractivity contribution in [2.45, 2.75) is 20.8 Å². The second-order valence-corrected chi connectivity index (χ2v) is 8.03. The summed E-state index contributed by atoms with van der Waals surface area (Å²) in [7, 11) is 0. The first-order valence-electron chi connectivity index (χ1n) is 10.3. The Balaban J connectivity index is 1.42. The van der Waals surface area contributed by atoms with Crippen molar-refractivity contribution in [3.05, 3.63) is 59.2 Å². The summed E-state index contributed by atoms with van der Waals surface area (Å²) in [6.07, 6.45) is 0. The van der Waals surface area contributed by atoms with E-state index in [9.17, 15) is 9.59 Å². The number of carbonyl (C=O) groups is 2. The highest BCUT2D eigenvalue weighted by Crippen LogP contribution is 2.18. The highest BCUT2D eigenvalue weighted by atomic mass is 16.2. The van der Waals surface area contributed by atoms with Crippen molar-refractivity contribution < 1.29 is 19.4 Å². The van der Waals surface area contributed by atoms with E-state index < -0.39 is 0 Å². The van der Waals surface area contributed by atoms with Gasteiger partial charge in [0.15, 0.2) is 13.1 Å². The van der Waals surface area contributed by atoms with Gasteiger partial charge in [-0.05, 0) is 43.5 Å². The molecule has 0 unspecified atom stereocenters. The second-order valence-electron chi connectivity index (χ2n) is 8.03. The third-order valence-electron chi connectivity index (χ3n) is 5.65. The number of benzene rings is 2.